The Hall–Kier alpha value is -4.89. The number of benzene rings is 2. The maximum atomic E-state index is 12.1. The Kier molecular flexibility index (Phi) is 12.7. The van der Waals surface area contributed by atoms with Crippen molar-refractivity contribution in [1.82, 2.24) is 10.3 Å². The normalized spacial score (nSPS) is 12.0. The minimum atomic E-state index is -1.09. The summed E-state index contributed by atoms with van der Waals surface area (Å²) in [4.78, 5) is 60.2. The van der Waals surface area contributed by atoms with E-state index in [4.69, 9.17) is 15.6 Å². The minimum absolute atomic E-state index is 0.0669. The smallest absolute Gasteiger partial charge is 0.408 e. The third-order valence-electron chi connectivity index (χ3n) is 5.31. The third-order valence-corrected chi connectivity index (χ3v) is 6.07. The molecule has 3 rings (SSSR count). The van der Waals surface area contributed by atoms with Crippen LogP contribution in [0.15, 0.2) is 60.0 Å². The summed E-state index contributed by atoms with van der Waals surface area (Å²) in [6.07, 6.45) is -0.381. The number of methoxy groups -OCH3 is 1. The van der Waals surface area contributed by atoms with Crippen LogP contribution >= 0.6 is 11.3 Å². The van der Waals surface area contributed by atoms with Gasteiger partial charge in [0.2, 0.25) is 5.91 Å². The fourth-order valence-corrected chi connectivity index (χ4v) is 4.05. The fraction of sp³-hybridized carbons (Fsp3) is 0.321. The highest BCUT2D eigenvalue weighted by molar-refractivity contribution is 7.14. The number of thiazole rings is 1. The van der Waals surface area contributed by atoms with E-state index < -0.39 is 46.5 Å². The summed E-state index contributed by atoms with van der Waals surface area (Å²) in [7, 11) is 1.23. The second kappa shape index (κ2) is 15.9. The van der Waals surface area contributed by atoms with Crippen LogP contribution in [0.3, 0.4) is 0 Å². The molecule has 0 aliphatic carbocycles. The lowest BCUT2D eigenvalue weighted by Gasteiger charge is -2.22. The Balaban J connectivity index is 0.000000309. The number of carboxylic acid groups (broad SMARTS) is 1. The van der Waals surface area contributed by atoms with Crippen LogP contribution in [-0.2, 0) is 31.9 Å². The highest BCUT2D eigenvalue weighted by Gasteiger charge is 2.24. The standard InChI is InChI=1S/C14H14N4O5S.C14H19NO4/c1-23-13(20)11-7-24-14(16-11)17-12(19)10(15)6-8-3-2-4-9(5-8)18(21)22;1-14(2,3)19-13(18)15-11(12(16)17)9-10-7-5-4-6-8-10/h2-5,7,10H,6,15H2,1H3,(H,16,17,19);4-8,11H,9H2,1-3H3,(H,15,18)(H,16,17)/t;11-/m.0/s1. The van der Waals surface area contributed by atoms with Crippen LogP contribution in [0.25, 0.3) is 0 Å². The topological polar surface area (TPSA) is 213 Å². The van der Waals surface area contributed by atoms with Gasteiger partial charge in [-0.3, -0.25) is 14.9 Å². The average molecular weight is 616 g/mol. The highest BCUT2D eigenvalue weighted by Crippen LogP contribution is 2.18. The van der Waals surface area contributed by atoms with Gasteiger partial charge in [-0.15, -0.1) is 11.3 Å². The number of nitro benzene ring substituents is 1. The van der Waals surface area contributed by atoms with Gasteiger partial charge in [0.05, 0.1) is 18.1 Å². The van der Waals surface area contributed by atoms with Crippen molar-refractivity contribution in [2.75, 3.05) is 12.4 Å². The number of carbonyl (C=O) groups excluding carboxylic acids is 3. The number of hydrogen-bond acceptors (Lipinski definition) is 11. The number of esters is 1. The molecule has 0 aliphatic rings. The number of alkyl carbamates (subject to hydrolysis) is 1. The zero-order valence-corrected chi connectivity index (χ0v) is 24.8. The molecule has 0 aliphatic heterocycles. The van der Waals surface area contributed by atoms with Crippen molar-refractivity contribution >= 4 is 46.1 Å². The second-order valence-corrected chi connectivity index (χ2v) is 10.8. The largest absolute Gasteiger partial charge is 0.480 e. The maximum Gasteiger partial charge on any atom is 0.408 e. The Bertz CT molecular complexity index is 1420. The number of nitro groups is 1. The molecule has 15 heteroatoms. The molecule has 2 aromatic carbocycles. The number of anilines is 1. The molecule has 1 heterocycles. The first-order valence-corrected chi connectivity index (χ1v) is 13.7. The van der Waals surface area contributed by atoms with Gasteiger partial charge in [0.25, 0.3) is 5.69 Å². The van der Waals surface area contributed by atoms with Gasteiger partial charge in [-0.05, 0) is 38.3 Å². The maximum absolute atomic E-state index is 12.1. The van der Waals surface area contributed by atoms with Crippen molar-refractivity contribution < 1.29 is 38.7 Å². The van der Waals surface area contributed by atoms with Crippen molar-refractivity contribution in [3.63, 3.8) is 0 Å². The molecular weight excluding hydrogens is 582 g/mol. The van der Waals surface area contributed by atoms with Crippen LogP contribution in [0, 0.1) is 10.1 Å². The number of aromatic nitrogens is 1. The third kappa shape index (κ3) is 12.2. The molecule has 14 nitrogen and oxygen atoms in total. The predicted molar refractivity (Wildman–Crippen MR) is 158 cm³/mol. The lowest BCUT2D eigenvalue weighted by molar-refractivity contribution is -0.384. The van der Waals surface area contributed by atoms with E-state index in [1.165, 1.54) is 30.7 Å². The number of nitrogens with one attached hydrogen (secondary N) is 2. The van der Waals surface area contributed by atoms with E-state index in [9.17, 15) is 29.3 Å². The highest BCUT2D eigenvalue weighted by atomic mass is 32.1. The summed E-state index contributed by atoms with van der Waals surface area (Å²) in [5.74, 6) is -2.20. The van der Waals surface area contributed by atoms with Gasteiger partial charge in [0, 0.05) is 23.9 Å². The number of rotatable bonds is 10. The van der Waals surface area contributed by atoms with Gasteiger partial charge in [-0.1, -0.05) is 42.5 Å². The number of amides is 2. The SMILES string of the molecule is CC(C)(C)OC(=O)N[C@@H](Cc1ccccc1)C(=O)O.COC(=O)c1csc(NC(=O)C(N)Cc2cccc([N+](=O)[O-])c2)n1. The first kappa shape index (κ1) is 34.3. The lowest BCUT2D eigenvalue weighted by atomic mass is 10.1. The number of non-ortho nitro benzene ring substituents is 1. The van der Waals surface area contributed by atoms with Gasteiger partial charge < -0.3 is 30.9 Å². The number of nitrogens with two attached hydrogens (primary N) is 1. The van der Waals surface area contributed by atoms with Crippen LogP contribution in [0.5, 0.6) is 0 Å². The first-order chi connectivity index (χ1) is 20.2. The Morgan fingerprint density at radius 3 is 2.30 bits per heavy atom. The number of hydrogen-bond donors (Lipinski definition) is 4. The van der Waals surface area contributed by atoms with Crippen molar-refractivity contribution in [3.05, 3.63) is 86.9 Å². The van der Waals surface area contributed by atoms with E-state index in [1.54, 1.807) is 26.8 Å². The molecule has 1 aromatic heterocycles. The molecule has 230 valence electrons. The molecule has 5 N–H and O–H groups in total. The second-order valence-electron chi connectivity index (χ2n) is 9.98. The summed E-state index contributed by atoms with van der Waals surface area (Å²) >= 11 is 1.06. The average Bonchev–Trinajstić information content (AvgIpc) is 3.40. The quantitative estimate of drug-likeness (QED) is 0.147. The summed E-state index contributed by atoms with van der Waals surface area (Å²) in [5.41, 5.74) is 6.60. The van der Waals surface area contributed by atoms with E-state index in [0.29, 0.717) is 5.56 Å². The van der Waals surface area contributed by atoms with E-state index in [-0.39, 0.29) is 29.4 Å². The number of nitrogens with zero attached hydrogens (tertiary/aromatic N) is 2. The monoisotopic (exact) mass is 615 g/mol. The Labute approximate surface area is 251 Å². The van der Waals surface area contributed by atoms with Crippen molar-refractivity contribution in [1.29, 1.82) is 0 Å². The number of aliphatic carboxylic acids is 1. The minimum Gasteiger partial charge on any atom is -0.480 e. The Morgan fingerprint density at radius 1 is 1.07 bits per heavy atom. The van der Waals surface area contributed by atoms with Crippen LogP contribution in [-0.4, -0.2) is 63.7 Å². The summed E-state index contributed by atoms with van der Waals surface area (Å²) in [5, 5.41) is 26.4. The summed E-state index contributed by atoms with van der Waals surface area (Å²) in [6, 6.07) is 13.1. The molecule has 0 saturated heterocycles. The van der Waals surface area contributed by atoms with E-state index in [0.717, 1.165) is 16.9 Å². The van der Waals surface area contributed by atoms with Gasteiger partial charge in [0.1, 0.15) is 11.6 Å². The molecule has 0 fully saturated rings. The van der Waals surface area contributed by atoms with Crippen LogP contribution < -0.4 is 16.4 Å². The van der Waals surface area contributed by atoms with Crippen molar-refractivity contribution in [2.24, 2.45) is 5.73 Å². The zero-order chi connectivity index (χ0) is 32.2. The molecular formula is C28H33N5O9S. The molecule has 2 amide bonds. The van der Waals surface area contributed by atoms with E-state index in [2.05, 4.69) is 20.4 Å². The molecule has 0 spiro atoms. The molecule has 43 heavy (non-hydrogen) atoms. The zero-order valence-electron chi connectivity index (χ0n) is 23.9. The van der Waals surface area contributed by atoms with Crippen molar-refractivity contribution in [3.8, 4) is 0 Å². The summed E-state index contributed by atoms with van der Waals surface area (Å²) in [6.45, 7) is 5.17. The van der Waals surface area contributed by atoms with Crippen molar-refractivity contribution in [2.45, 2.75) is 51.3 Å². The van der Waals surface area contributed by atoms with Gasteiger partial charge in [-0.2, -0.15) is 0 Å². The van der Waals surface area contributed by atoms with Gasteiger partial charge in [-0.25, -0.2) is 19.4 Å². The lowest BCUT2D eigenvalue weighted by Crippen LogP contribution is -2.44. The van der Waals surface area contributed by atoms with Gasteiger partial charge in [0.15, 0.2) is 10.8 Å². The molecule has 0 saturated carbocycles. The fourth-order valence-electron chi connectivity index (χ4n) is 3.37. The van der Waals surface area contributed by atoms with Crippen LogP contribution in [0.4, 0.5) is 15.6 Å². The molecule has 0 radical (unpaired) electrons. The molecule has 0 bridgehead atoms. The Morgan fingerprint density at radius 2 is 1.72 bits per heavy atom. The number of carboxylic acids is 1. The first-order valence-electron chi connectivity index (χ1n) is 12.8. The van der Waals surface area contributed by atoms with E-state index >= 15 is 0 Å². The van der Waals surface area contributed by atoms with Gasteiger partial charge >= 0.3 is 18.0 Å². The van der Waals surface area contributed by atoms with Crippen LogP contribution in [0.2, 0.25) is 0 Å². The summed E-state index contributed by atoms with van der Waals surface area (Å²) < 4.78 is 9.57. The molecule has 2 atom stereocenters. The number of carbonyl (C=O) groups is 4. The number of ether oxygens (including phenoxy) is 2. The van der Waals surface area contributed by atoms with Crippen LogP contribution in [0.1, 0.15) is 42.4 Å². The predicted octanol–water partition coefficient (Wildman–Crippen LogP) is 3.55. The molecule has 3 aromatic rings. The van der Waals surface area contributed by atoms with E-state index in [1.807, 2.05) is 30.3 Å². The molecule has 1 unspecified atom stereocenters.